The van der Waals surface area contributed by atoms with Crippen LogP contribution in [0.5, 0.6) is 0 Å². The van der Waals surface area contributed by atoms with Crippen molar-refractivity contribution >= 4 is 28.7 Å². The number of nitrogens with two attached hydrogens (primary N) is 2. The van der Waals surface area contributed by atoms with E-state index < -0.39 is 6.23 Å². The van der Waals surface area contributed by atoms with Crippen LogP contribution in [0.15, 0.2) is 42.5 Å². The van der Waals surface area contributed by atoms with Gasteiger partial charge in [0.05, 0.1) is 11.4 Å². The van der Waals surface area contributed by atoms with Gasteiger partial charge >= 0.3 is 0 Å². The summed E-state index contributed by atoms with van der Waals surface area (Å²) in [7, 11) is 0. The molecular formula is C19H25N5O2. The Hall–Kier alpha value is -2.93. The van der Waals surface area contributed by atoms with Crippen LogP contribution in [0.3, 0.4) is 0 Å². The first-order valence-corrected chi connectivity index (χ1v) is 8.64. The van der Waals surface area contributed by atoms with E-state index in [9.17, 15) is 9.90 Å². The number of aliphatic hydroxyl groups excluding tert-OH is 1. The van der Waals surface area contributed by atoms with Crippen molar-refractivity contribution in [1.82, 2.24) is 4.90 Å². The Morgan fingerprint density at radius 2 is 1.69 bits per heavy atom. The smallest absolute Gasteiger partial charge is 0.272 e. The highest BCUT2D eigenvalue weighted by Gasteiger charge is 2.26. The monoisotopic (exact) mass is 355 g/mol. The number of anilines is 4. The Morgan fingerprint density at radius 1 is 1.04 bits per heavy atom. The molecule has 3 rings (SSSR count). The molecule has 0 aliphatic carbocycles. The molecule has 1 atom stereocenters. The minimum atomic E-state index is -1.32. The molecule has 1 unspecified atom stereocenters. The van der Waals surface area contributed by atoms with E-state index in [4.69, 9.17) is 11.5 Å². The number of carbonyl (C=O) groups is 1. The second-order valence-electron chi connectivity index (χ2n) is 6.54. The maximum atomic E-state index is 12.5. The summed E-state index contributed by atoms with van der Waals surface area (Å²) in [6.45, 7) is 4.65. The van der Waals surface area contributed by atoms with Gasteiger partial charge in [0.2, 0.25) is 6.23 Å². The van der Waals surface area contributed by atoms with E-state index in [0.29, 0.717) is 30.2 Å². The lowest BCUT2D eigenvalue weighted by molar-refractivity contribution is -0.139. The van der Waals surface area contributed by atoms with Crippen molar-refractivity contribution in [2.24, 2.45) is 0 Å². The van der Waals surface area contributed by atoms with Crippen LogP contribution >= 0.6 is 0 Å². The van der Waals surface area contributed by atoms with Gasteiger partial charge in [0, 0.05) is 37.6 Å². The number of aliphatic hydroxyl groups is 1. The molecule has 2 aromatic rings. The number of nitrogens with one attached hydrogen (secondary N) is 1. The van der Waals surface area contributed by atoms with E-state index in [0.717, 1.165) is 18.8 Å². The van der Waals surface area contributed by atoms with Gasteiger partial charge < -0.3 is 31.7 Å². The van der Waals surface area contributed by atoms with Gasteiger partial charge in [0.1, 0.15) is 0 Å². The molecule has 2 aromatic carbocycles. The second kappa shape index (κ2) is 7.53. The highest BCUT2D eigenvalue weighted by Crippen LogP contribution is 2.21. The average Bonchev–Trinajstić information content (AvgIpc) is 2.65. The molecule has 0 saturated carbocycles. The normalized spacial score (nSPS) is 15.6. The maximum absolute atomic E-state index is 12.5. The van der Waals surface area contributed by atoms with Crippen molar-refractivity contribution in [1.29, 1.82) is 0 Å². The van der Waals surface area contributed by atoms with E-state index >= 15 is 0 Å². The van der Waals surface area contributed by atoms with Crippen LogP contribution in [0.1, 0.15) is 5.56 Å². The summed E-state index contributed by atoms with van der Waals surface area (Å²) in [5.74, 6) is -0.344. The molecule has 1 amide bonds. The Kier molecular flexibility index (Phi) is 5.18. The number of aryl methyl sites for hydroxylation is 1. The molecule has 1 aliphatic heterocycles. The Labute approximate surface area is 153 Å². The maximum Gasteiger partial charge on any atom is 0.272 e. The quantitative estimate of drug-likeness (QED) is 0.485. The summed E-state index contributed by atoms with van der Waals surface area (Å²) in [6.07, 6.45) is -1.32. The lowest BCUT2D eigenvalue weighted by Crippen LogP contribution is -2.52. The van der Waals surface area contributed by atoms with Gasteiger partial charge in [-0.25, -0.2) is 0 Å². The van der Waals surface area contributed by atoms with Crippen LogP contribution in [-0.4, -0.2) is 48.3 Å². The number of hydrogen-bond donors (Lipinski definition) is 4. The van der Waals surface area contributed by atoms with Gasteiger partial charge in [-0.3, -0.25) is 4.79 Å². The van der Waals surface area contributed by atoms with E-state index in [1.165, 1.54) is 5.56 Å². The van der Waals surface area contributed by atoms with Crippen LogP contribution in [0.25, 0.3) is 0 Å². The zero-order chi connectivity index (χ0) is 18.7. The van der Waals surface area contributed by atoms with Crippen LogP contribution in [-0.2, 0) is 4.79 Å². The number of amides is 1. The lowest BCUT2D eigenvalue weighted by Gasteiger charge is -2.37. The third-order valence-electron chi connectivity index (χ3n) is 4.61. The van der Waals surface area contributed by atoms with Crippen molar-refractivity contribution in [3.8, 4) is 0 Å². The number of hydrogen-bond acceptors (Lipinski definition) is 6. The zero-order valence-corrected chi connectivity index (χ0v) is 14.9. The summed E-state index contributed by atoms with van der Waals surface area (Å²) in [4.78, 5) is 16.4. The molecule has 7 nitrogen and oxygen atoms in total. The summed E-state index contributed by atoms with van der Waals surface area (Å²) in [6, 6.07) is 13.3. The SMILES string of the molecule is Cc1ccc(N2CCN(C(=O)C(O)Nc3ccc(N)c(N)c3)CC2)cc1. The molecule has 6 N–H and O–H groups in total. The van der Waals surface area contributed by atoms with Gasteiger partial charge in [-0.05, 0) is 37.3 Å². The average molecular weight is 355 g/mol. The van der Waals surface area contributed by atoms with E-state index in [1.807, 2.05) is 0 Å². The fraction of sp³-hybridized carbons (Fsp3) is 0.316. The second-order valence-corrected chi connectivity index (χ2v) is 6.54. The largest absolute Gasteiger partial charge is 0.397 e. The van der Waals surface area contributed by atoms with Gasteiger partial charge in [0.15, 0.2) is 0 Å². The summed E-state index contributed by atoms with van der Waals surface area (Å²) < 4.78 is 0. The number of nitrogen functional groups attached to an aromatic ring is 2. The molecule has 1 saturated heterocycles. The standard InChI is InChI=1S/C19H25N5O2/c1-13-2-5-15(6-3-13)23-8-10-24(11-9-23)19(26)18(25)22-14-4-7-16(20)17(21)12-14/h2-7,12,18,22,25H,8-11,20-21H2,1H3. The first kappa shape index (κ1) is 17.9. The van der Waals surface area contributed by atoms with Crippen molar-refractivity contribution < 1.29 is 9.90 Å². The Balaban J connectivity index is 1.55. The van der Waals surface area contributed by atoms with E-state index in [2.05, 4.69) is 41.4 Å². The van der Waals surface area contributed by atoms with E-state index in [1.54, 1.807) is 23.1 Å². The fourth-order valence-corrected chi connectivity index (χ4v) is 3.00. The van der Waals surface area contributed by atoms with Gasteiger partial charge in [0.25, 0.3) is 5.91 Å². The number of benzene rings is 2. The first-order chi connectivity index (χ1) is 12.4. The Bertz CT molecular complexity index is 770. The van der Waals surface area contributed by atoms with Crippen molar-refractivity contribution in [3.63, 3.8) is 0 Å². The van der Waals surface area contributed by atoms with Crippen LogP contribution in [0, 0.1) is 6.92 Å². The van der Waals surface area contributed by atoms with Gasteiger partial charge in [-0.2, -0.15) is 0 Å². The number of nitrogens with zero attached hydrogens (tertiary/aromatic N) is 2. The highest BCUT2D eigenvalue weighted by molar-refractivity contribution is 5.84. The molecule has 0 radical (unpaired) electrons. The van der Waals surface area contributed by atoms with Gasteiger partial charge in [-0.15, -0.1) is 0 Å². The van der Waals surface area contributed by atoms with E-state index in [-0.39, 0.29) is 5.91 Å². The molecule has 1 heterocycles. The molecule has 26 heavy (non-hydrogen) atoms. The summed E-state index contributed by atoms with van der Waals surface area (Å²) in [5.41, 5.74) is 15.2. The molecule has 138 valence electrons. The summed E-state index contributed by atoms with van der Waals surface area (Å²) in [5, 5.41) is 13.0. The molecule has 1 aliphatic rings. The predicted octanol–water partition coefficient (Wildman–Crippen LogP) is 1.24. The highest BCUT2D eigenvalue weighted by atomic mass is 16.3. The van der Waals surface area contributed by atoms with Gasteiger partial charge in [-0.1, -0.05) is 17.7 Å². The van der Waals surface area contributed by atoms with Crippen molar-refractivity contribution in [2.75, 3.05) is 47.9 Å². The summed E-state index contributed by atoms with van der Waals surface area (Å²) >= 11 is 0. The Morgan fingerprint density at radius 3 is 2.31 bits per heavy atom. The molecule has 7 heteroatoms. The van der Waals surface area contributed by atoms with Crippen LogP contribution in [0.4, 0.5) is 22.7 Å². The first-order valence-electron chi connectivity index (χ1n) is 8.64. The third kappa shape index (κ3) is 4.00. The minimum Gasteiger partial charge on any atom is -0.397 e. The topological polar surface area (TPSA) is 108 Å². The number of piperazine rings is 1. The fourth-order valence-electron chi connectivity index (χ4n) is 3.00. The molecular weight excluding hydrogens is 330 g/mol. The minimum absolute atomic E-state index is 0.344. The van der Waals surface area contributed by atoms with Crippen molar-refractivity contribution in [3.05, 3.63) is 48.0 Å². The van der Waals surface area contributed by atoms with Crippen LogP contribution < -0.4 is 21.7 Å². The molecule has 0 bridgehead atoms. The predicted molar refractivity (Wildman–Crippen MR) is 105 cm³/mol. The molecule has 0 spiro atoms. The zero-order valence-electron chi connectivity index (χ0n) is 14.9. The van der Waals surface area contributed by atoms with Crippen molar-refractivity contribution in [2.45, 2.75) is 13.2 Å². The third-order valence-corrected chi connectivity index (χ3v) is 4.61. The molecule has 1 fully saturated rings. The van der Waals surface area contributed by atoms with Crippen LogP contribution in [0.2, 0.25) is 0 Å². The molecule has 0 aromatic heterocycles. The number of rotatable bonds is 4. The lowest BCUT2D eigenvalue weighted by atomic mass is 10.2. The number of carbonyl (C=O) groups excluding carboxylic acids is 1.